The number of aromatic nitrogens is 3. The summed E-state index contributed by atoms with van der Waals surface area (Å²) < 4.78 is 0. The minimum atomic E-state index is -0.155. The lowest BCUT2D eigenvalue weighted by atomic mass is 10.0. The van der Waals surface area contributed by atoms with E-state index in [-0.39, 0.29) is 5.54 Å². The Bertz CT molecular complexity index is 468. The molecule has 4 heteroatoms. The number of pyridine rings is 1. The zero-order chi connectivity index (χ0) is 12.3. The summed E-state index contributed by atoms with van der Waals surface area (Å²) in [5, 5.41) is 0. The summed E-state index contributed by atoms with van der Waals surface area (Å²) in [6, 6.07) is 5.83. The molecule has 0 amide bonds. The van der Waals surface area contributed by atoms with E-state index in [9.17, 15) is 0 Å². The van der Waals surface area contributed by atoms with Crippen LogP contribution in [-0.2, 0) is 6.42 Å². The van der Waals surface area contributed by atoms with E-state index in [2.05, 4.69) is 15.0 Å². The number of hydrogen-bond acceptors (Lipinski definition) is 3. The zero-order valence-electron chi connectivity index (χ0n) is 10.3. The van der Waals surface area contributed by atoms with E-state index in [1.807, 2.05) is 38.2 Å². The Hall–Kier alpha value is -1.68. The summed E-state index contributed by atoms with van der Waals surface area (Å²) in [4.78, 5) is 11.9. The number of aromatic amines is 1. The molecule has 2 heterocycles. The van der Waals surface area contributed by atoms with E-state index in [4.69, 9.17) is 5.73 Å². The first-order valence-corrected chi connectivity index (χ1v) is 5.79. The Morgan fingerprint density at radius 3 is 2.76 bits per heavy atom. The first-order chi connectivity index (χ1) is 8.04. The van der Waals surface area contributed by atoms with Gasteiger partial charge in [-0.2, -0.15) is 0 Å². The molecular formula is C13H18N4. The molecule has 0 aliphatic heterocycles. The van der Waals surface area contributed by atoms with Crippen molar-refractivity contribution >= 4 is 0 Å². The van der Waals surface area contributed by atoms with Gasteiger partial charge in [0.1, 0.15) is 5.82 Å². The lowest BCUT2D eigenvalue weighted by molar-refractivity contribution is 0.472. The van der Waals surface area contributed by atoms with Crippen LogP contribution in [0.5, 0.6) is 0 Å². The summed E-state index contributed by atoms with van der Waals surface area (Å²) in [5.74, 6) is 0.962. The lowest BCUT2D eigenvalue weighted by Gasteiger charge is -2.16. The van der Waals surface area contributed by atoms with Crippen LogP contribution in [0, 0.1) is 0 Å². The third-order valence-corrected chi connectivity index (χ3v) is 2.58. The van der Waals surface area contributed by atoms with Gasteiger partial charge in [-0.05, 0) is 32.4 Å². The second-order valence-electron chi connectivity index (χ2n) is 4.95. The van der Waals surface area contributed by atoms with Gasteiger partial charge in [-0.1, -0.05) is 6.07 Å². The van der Waals surface area contributed by atoms with Crippen LogP contribution >= 0.6 is 0 Å². The minimum Gasteiger partial charge on any atom is -0.341 e. The van der Waals surface area contributed by atoms with Crippen LogP contribution in [0.3, 0.4) is 0 Å². The first-order valence-electron chi connectivity index (χ1n) is 5.79. The quantitative estimate of drug-likeness (QED) is 0.845. The van der Waals surface area contributed by atoms with Gasteiger partial charge in [-0.15, -0.1) is 0 Å². The smallest absolute Gasteiger partial charge is 0.106 e. The molecule has 0 aliphatic rings. The predicted molar refractivity (Wildman–Crippen MR) is 68.4 cm³/mol. The third kappa shape index (κ3) is 3.39. The molecule has 2 aromatic heterocycles. The SMILES string of the molecule is CC(C)(N)CCc1ncc(-c2ccccn2)[nH]1. The van der Waals surface area contributed by atoms with E-state index < -0.39 is 0 Å². The molecule has 0 saturated carbocycles. The Labute approximate surface area is 101 Å². The minimum absolute atomic E-state index is 0.155. The van der Waals surface area contributed by atoms with Crippen LogP contribution in [0.1, 0.15) is 26.1 Å². The van der Waals surface area contributed by atoms with Crippen molar-refractivity contribution in [2.24, 2.45) is 5.73 Å². The molecule has 0 atom stereocenters. The molecule has 3 N–H and O–H groups in total. The molecule has 2 aromatic rings. The van der Waals surface area contributed by atoms with Crippen LogP contribution in [0.2, 0.25) is 0 Å². The highest BCUT2D eigenvalue weighted by molar-refractivity contribution is 5.52. The summed E-state index contributed by atoms with van der Waals surface area (Å²) in [7, 11) is 0. The fourth-order valence-electron chi connectivity index (χ4n) is 1.58. The number of aryl methyl sites for hydroxylation is 1. The molecule has 0 bridgehead atoms. The Morgan fingerprint density at radius 1 is 1.29 bits per heavy atom. The van der Waals surface area contributed by atoms with Crippen LogP contribution in [-0.4, -0.2) is 20.5 Å². The monoisotopic (exact) mass is 230 g/mol. The second kappa shape index (κ2) is 4.67. The van der Waals surface area contributed by atoms with Gasteiger partial charge in [0, 0.05) is 18.2 Å². The normalized spacial score (nSPS) is 11.7. The van der Waals surface area contributed by atoms with E-state index in [1.165, 1.54) is 0 Å². The topological polar surface area (TPSA) is 67.6 Å². The predicted octanol–water partition coefficient (Wildman–Crippen LogP) is 2.14. The number of hydrogen-bond donors (Lipinski definition) is 2. The highest BCUT2D eigenvalue weighted by Gasteiger charge is 2.12. The second-order valence-corrected chi connectivity index (χ2v) is 4.95. The van der Waals surface area contributed by atoms with Crippen molar-refractivity contribution in [2.45, 2.75) is 32.2 Å². The summed E-state index contributed by atoms with van der Waals surface area (Å²) >= 11 is 0. The van der Waals surface area contributed by atoms with Crippen molar-refractivity contribution in [1.82, 2.24) is 15.0 Å². The molecule has 0 spiro atoms. The molecular weight excluding hydrogens is 212 g/mol. The number of nitrogens with one attached hydrogen (secondary N) is 1. The molecule has 0 unspecified atom stereocenters. The highest BCUT2D eigenvalue weighted by Crippen LogP contribution is 2.15. The Morgan fingerprint density at radius 2 is 2.12 bits per heavy atom. The van der Waals surface area contributed by atoms with Gasteiger partial charge < -0.3 is 10.7 Å². The van der Waals surface area contributed by atoms with Gasteiger partial charge in [0.05, 0.1) is 17.6 Å². The number of nitrogens with zero attached hydrogens (tertiary/aromatic N) is 2. The summed E-state index contributed by atoms with van der Waals surface area (Å²) in [5.41, 5.74) is 7.66. The number of nitrogens with two attached hydrogens (primary N) is 1. The van der Waals surface area contributed by atoms with Crippen LogP contribution in [0.4, 0.5) is 0 Å². The highest BCUT2D eigenvalue weighted by atomic mass is 14.9. The van der Waals surface area contributed by atoms with Crippen molar-refractivity contribution in [3.05, 3.63) is 36.4 Å². The third-order valence-electron chi connectivity index (χ3n) is 2.58. The van der Waals surface area contributed by atoms with Crippen molar-refractivity contribution in [1.29, 1.82) is 0 Å². The van der Waals surface area contributed by atoms with Crippen molar-refractivity contribution in [3.63, 3.8) is 0 Å². The molecule has 0 radical (unpaired) electrons. The summed E-state index contributed by atoms with van der Waals surface area (Å²) in [6.45, 7) is 4.05. The Balaban J connectivity index is 2.07. The summed E-state index contributed by atoms with van der Waals surface area (Å²) in [6.07, 6.45) is 5.36. The molecule has 90 valence electrons. The maximum Gasteiger partial charge on any atom is 0.106 e. The van der Waals surface area contributed by atoms with Gasteiger partial charge >= 0.3 is 0 Å². The van der Waals surface area contributed by atoms with Gasteiger partial charge in [-0.3, -0.25) is 4.98 Å². The van der Waals surface area contributed by atoms with Gasteiger partial charge in [0.25, 0.3) is 0 Å². The van der Waals surface area contributed by atoms with Crippen LogP contribution < -0.4 is 5.73 Å². The van der Waals surface area contributed by atoms with Crippen molar-refractivity contribution in [2.75, 3.05) is 0 Å². The fourth-order valence-corrected chi connectivity index (χ4v) is 1.58. The van der Waals surface area contributed by atoms with Crippen molar-refractivity contribution in [3.8, 4) is 11.4 Å². The fraction of sp³-hybridized carbons (Fsp3) is 0.385. The van der Waals surface area contributed by atoms with Gasteiger partial charge in [0.2, 0.25) is 0 Å². The van der Waals surface area contributed by atoms with Crippen LogP contribution in [0.25, 0.3) is 11.4 Å². The van der Waals surface area contributed by atoms with E-state index in [1.54, 1.807) is 6.20 Å². The van der Waals surface area contributed by atoms with Gasteiger partial charge in [0.15, 0.2) is 0 Å². The molecule has 0 fully saturated rings. The molecule has 0 aliphatic carbocycles. The largest absolute Gasteiger partial charge is 0.341 e. The molecule has 17 heavy (non-hydrogen) atoms. The lowest BCUT2D eigenvalue weighted by Crippen LogP contribution is -2.32. The zero-order valence-corrected chi connectivity index (χ0v) is 10.3. The maximum atomic E-state index is 5.95. The number of rotatable bonds is 4. The molecule has 0 saturated heterocycles. The van der Waals surface area contributed by atoms with Crippen LogP contribution in [0.15, 0.2) is 30.6 Å². The molecule has 0 aromatic carbocycles. The molecule has 2 rings (SSSR count). The number of H-pyrrole nitrogens is 1. The Kier molecular flexibility index (Phi) is 3.24. The standard InChI is InChI=1S/C13H18N4/c1-13(2,14)7-6-12-16-9-11(17-12)10-5-3-4-8-15-10/h3-5,8-9H,6-7,14H2,1-2H3,(H,16,17). The van der Waals surface area contributed by atoms with E-state index >= 15 is 0 Å². The molecule has 4 nitrogen and oxygen atoms in total. The number of imidazole rings is 1. The van der Waals surface area contributed by atoms with Gasteiger partial charge in [-0.25, -0.2) is 4.98 Å². The first kappa shape index (κ1) is 11.8. The maximum absolute atomic E-state index is 5.95. The average molecular weight is 230 g/mol. The van der Waals surface area contributed by atoms with E-state index in [0.29, 0.717) is 0 Å². The van der Waals surface area contributed by atoms with E-state index in [0.717, 1.165) is 30.1 Å². The van der Waals surface area contributed by atoms with Crippen molar-refractivity contribution < 1.29 is 0 Å². The average Bonchev–Trinajstić information content (AvgIpc) is 2.75.